The summed E-state index contributed by atoms with van der Waals surface area (Å²) in [6.07, 6.45) is 0. The summed E-state index contributed by atoms with van der Waals surface area (Å²) in [5.41, 5.74) is 0.230. The molecule has 8 heteroatoms. The third kappa shape index (κ3) is 4.27. The van der Waals surface area contributed by atoms with Crippen LogP contribution in [0.25, 0.3) is 0 Å². The molecule has 1 aromatic rings. The molecule has 1 aromatic carbocycles. The number of carboxylic acids is 1. The first-order valence-corrected chi connectivity index (χ1v) is 7.70. The van der Waals surface area contributed by atoms with Gasteiger partial charge in [0.25, 0.3) is 0 Å². The highest BCUT2D eigenvalue weighted by Gasteiger charge is 2.25. The summed E-state index contributed by atoms with van der Waals surface area (Å²) in [5, 5.41) is 8.92. The van der Waals surface area contributed by atoms with Crippen molar-refractivity contribution in [2.45, 2.75) is 31.7 Å². The van der Waals surface area contributed by atoms with E-state index in [1.54, 1.807) is 6.92 Å². The average molecular weight is 315 g/mol. The number of esters is 1. The number of carbonyl (C=O) groups excluding carboxylic acids is 1. The van der Waals surface area contributed by atoms with E-state index in [1.165, 1.54) is 26.0 Å². The van der Waals surface area contributed by atoms with Gasteiger partial charge in [0, 0.05) is 0 Å². The summed E-state index contributed by atoms with van der Waals surface area (Å²) in [5.74, 6) is -1.93. The van der Waals surface area contributed by atoms with E-state index < -0.39 is 28.0 Å². The van der Waals surface area contributed by atoms with Gasteiger partial charge < -0.3 is 9.84 Å². The Labute approximate surface area is 123 Å². The molecular formula is C13H17NO6S. The third-order valence-corrected chi connectivity index (χ3v) is 4.38. The van der Waals surface area contributed by atoms with Crippen molar-refractivity contribution in [2.24, 2.45) is 0 Å². The molecule has 0 spiro atoms. The van der Waals surface area contributed by atoms with E-state index in [2.05, 4.69) is 4.72 Å². The van der Waals surface area contributed by atoms with Crippen molar-refractivity contribution in [2.75, 3.05) is 6.61 Å². The van der Waals surface area contributed by atoms with Gasteiger partial charge in [-0.15, -0.1) is 0 Å². The smallest absolute Gasteiger partial charge is 0.335 e. The summed E-state index contributed by atoms with van der Waals surface area (Å²) in [6, 6.07) is 2.69. The first-order valence-electron chi connectivity index (χ1n) is 6.22. The summed E-state index contributed by atoms with van der Waals surface area (Å²) in [4.78, 5) is 22.2. The van der Waals surface area contributed by atoms with Crippen molar-refractivity contribution in [3.63, 3.8) is 0 Å². The number of carboxylic acid groups (broad SMARTS) is 1. The molecule has 0 aliphatic rings. The van der Waals surface area contributed by atoms with Gasteiger partial charge in [0.1, 0.15) is 6.04 Å². The van der Waals surface area contributed by atoms with Gasteiger partial charge in [-0.25, -0.2) is 13.2 Å². The fraction of sp³-hybridized carbons (Fsp3) is 0.385. The molecule has 2 N–H and O–H groups in total. The lowest BCUT2D eigenvalue weighted by Crippen LogP contribution is -2.39. The van der Waals surface area contributed by atoms with Gasteiger partial charge in [-0.1, -0.05) is 6.07 Å². The van der Waals surface area contributed by atoms with Crippen LogP contribution in [-0.2, 0) is 19.6 Å². The summed E-state index contributed by atoms with van der Waals surface area (Å²) < 4.78 is 31.4. The van der Waals surface area contributed by atoms with Crippen LogP contribution in [0, 0.1) is 6.92 Å². The van der Waals surface area contributed by atoms with Gasteiger partial charge in [0.2, 0.25) is 10.0 Å². The second-order valence-corrected chi connectivity index (χ2v) is 6.06. The first kappa shape index (κ1) is 17.1. The molecule has 0 aliphatic carbocycles. The van der Waals surface area contributed by atoms with Crippen LogP contribution in [0.5, 0.6) is 0 Å². The molecule has 1 rings (SSSR count). The quantitative estimate of drug-likeness (QED) is 0.756. The van der Waals surface area contributed by atoms with E-state index in [-0.39, 0.29) is 17.1 Å². The molecule has 1 atom stereocenters. The maximum atomic E-state index is 12.2. The summed E-state index contributed by atoms with van der Waals surface area (Å²) in [7, 11) is -4.02. The molecule has 0 amide bonds. The highest BCUT2D eigenvalue weighted by Crippen LogP contribution is 2.17. The van der Waals surface area contributed by atoms with E-state index in [4.69, 9.17) is 9.84 Å². The van der Waals surface area contributed by atoms with Crippen molar-refractivity contribution < 1.29 is 27.9 Å². The lowest BCUT2D eigenvalue weighted by Gasteiger charge is -2.14. The molecule has 1 unspecified atom stereocenters. The zero-order valence-corrected chi connectivity index (χ0v) is 12.7. The van der Waals surface area contributed by atoms with Crippen LogP contribution < -0.4 is 4.72 Å². The zero-order valence-electron chi connectivity index (χ0n) is 11.9. The Morgan fingerprint density at radius 2 is 2.00 bits per heavy atom. The molecular weight excluding hydrogens is 298 g/mol. The van der Waals surface area contributed by atoms with Crippen molar-refractivity contribution >= 4 is 22.0 Å². The fourth-order valence-electron chi connectivity index (χ4n) is 1.63. The van der Waals surface area contributed by atoms with Crippen molar-refractivity contribution in [3.05, 3.63) is 29.3 Å². The number of carbonyl (C=O) groups is 2. The Balaban J connectivity index is 3.11. The van der Waals surface area contributed by atoms with Crippen LogP contribution in [0.15, 0.2) is 23.1 Å². The summed E-state index contributed by atoms with van der Waals surface area (Å²) in [6.45, 7) is 4.64. The molecule has 0 heterocycles. The molecule has 0 aliphatic heterocycles. The maximum Gasteiger partial charge on any atom is 0.335 e. The van der Waals surface area contributed by atoms with Crippen LogP contribution >= 0.6 is 0 Å². The minimum Gasteiger partial charge on any atom is -0.478 e. The van der Waals surface area contributed by atoms with E-state index >= 15 is 0 Å². The molecule has 21 heavy (non-hydrogen) atoms. The summed E-state index contributed by atoms with van der Waals surface area (Å²) >= 11 is 0. The molecule has 0 saturated heterocycles. The van der Waals surface area contributed by atoms with Crippen LogP contribution in [0.2, 0.25) is 0 Å². The molecule has 0 aromatic heterocycles. The Hall–Kier alpha value is -1.93. The predicted molar refractivity (Wildman–Crippen MR) is 74.6 cm³/mol. The zero-order chi connectivity index (χ0) is 16.2. The maximum absolute atomic E-state index is 12.2. The number of benzene rings is 1. The van der Waals surface area contributed by atoms with Crippen LogP contribution in [0.3, 0.4) is 0 Å². The number of hydrogen-bond donors (Lipinski definition) is 2. The molecule has 7 nitrogen and oxygen atoms in total. The van der Waals surface area contributed by atoms with Crippen molar-refractivity contribution in [3.8, 4) is 0 Å². The first-order chi connectivity index (χ1) is 9.69. The van der Waals surface area contributed by atoms with Gasteiger partial charge in [-0.05, 0) is 38.5 Å². The second kappa shape index (κ2) is 6.68. The van der Waals surface area contributed by atoms with Crippen molar-refractivity contribution in [1.29, 1.82) is 0 Å². The number of hydrogen-bond acceptors (Lipinski definition) is 5. The Morgan fingerprint density at radius 3 is 2.52 bits per heavy atom. The van der Waals surface area contributed by atoms with E-state index in [9.17, 15) is 18.0 Å². The predicted octanol–water partition coefficient (Wildman–Crippen LogP) is 0.923. The van der Waals surface area contributed by atoms with Crippen LogP contribution in [0.4, 0.5) is 0 Å². The lowest BCUT2D eigenvalue weighted by atomic mass is 10.1. The molecule has 0 radical (unpaired) electrons. The van der Waals surface area contributed by atoms with E-state index in [1.807, 2.05) is 0 Å². The number of ether oxygens (including phenoxy) is 1. The number of rotatable bonds is 6. The van der Waals surface area contributed by atoms with Crippen molar-refractivity contribution in [1.82, 2.24) is 4.72 Å². The number of sulfonamides is 1. The van der Waals surface area contributed by atoms with Gasteiger partial charge in [-0.3, -0.25) is 4.79 Å². The van der Waals surface area contributed by atoms with Gasteiger partial charge in [-0.2, -0.15) is 4.72 Å². The van der Waals surface area contributed by atoms with E-state index in [0.29, 0.717) is 5.56 Å². The van der Waals surface area contributed by atoms with E-state index in [0.717, 1.165) is 6.07 Å². The second-order valence-electron chi connectivity index (χ2n) is 4.38. The normalized spacial score (nSPS) is 12.7. The van der Waals surface area contributed by atoms with Gasteiger partial charge >= 0.3 is 11.9 Å². The minimum absolute atomic E-state index is 0.137. The SMILES string of the molecule is CCOC(=O)C(C)NS(=O)(=O)c1cc(C(=O)O)ccc1C. The number of aromatic carboxylic acids is 1. The third-order valence-electron chi connectivity index (χ3n) is 2.70. The average Bonchev–Trinajstić information content (AvgIpc) is 2.38. The highest BCUT2D eigenvalue weighted by molar-refractivity contribution is 7.89. The molecule has 116 valence electrons. The van der Waals surface area contributed by atoms with Gasteiger partial charge in [0.15, 0.2) is 0 Å². The monoisotopic (exact) mass is 315 g/mol. The minimum atomic E-state index is -4.02. The Morgan fingerprint density at radius 1 is 1.38 bits per heavy atom. The van der Waals surface area contributed by atoms with Gasteiger partial charge in [0.05, 0.1) is 17.1 Å². The standard InChI is InChI=1S/C13H17NO6S/c1-4-20-13(17)9(3)14-21(18,19)11-7-10(12(15)16)6-5-8(11)2/h5-7,9,14H,4H2,1-3H3,(H,15,16). The number of nitrogens with one attached hydrogen (secondary N) is 1. The fourth-order valence-corrected chi connectivity index (χ4v) is 3.10. The Kier molecular flexibility index (Phi) is 5.45. The van der Waals surface area contributed by atoms with Crippen LogP contribution in [0.1, 0.15) is 29.8 Å². The largest absolute Gasteiger partial charge is 0.478 e. The Bertz CT molecular complexity index is 653. The highest BCUT2D eigenvalue weighted by atomic mass is 32.2. The molecule has 0 bridgehead atoms. The lowest BCUT2D eigenvalue weighted by molar-refractivity contribution is -0.144. The number of aryl methyl sites for hydroxylation is 1. The molecule has 0 fully saturated rings. The van der Waals surface area contributed by atoms with Crippen LogP contribution in [-0.4, -0.2) is 38.1 Å². The topological polar surface area (TPSA) is 110 Å². The molecule has 0 saturated carbocycles.